The first-order chi connectivity index (χ1) is 13.8. The molecule has 1 atom stereocenters. The second-order valence-corrected chi connectivity index (χ2v) is 9.93. The lowest BCUT2D eigenvalue weighted by molar-refractivity contribution is 0.0634. The highest BCUT2D eigenvalue weighted by molar-refractivity contribution is 7.91. The molecule has 0 radical (unpaired) electrons. The molecule has 29 heavy (non-hydrogen) atoms. The number of rotatable bonds is 5. The van der Waals surface area contributed by atoms with Gasteiger partial charge in [-0.3, -0.25) is 4.79 Å². The van der Waals surface area contributed by atoms with E-state index in [4.69, 9.17) is 32.0 Å². The molecule has 3 heterocycles. The molecule has 0 saturated carbocycles. The molecule has 152 valence electrons. The fourth-order valence-corrected chi connectivity index (χ4v) is 5.51. The van der Waals surface area contributed by atoms with Crippen LogP contribution in [0.5, 0.6) is 0 Å². The molecule has 1 aromatic carbocycles. The number of sulfone groups is 1. The van der Waals surface area contributed by atoms with Gasteiger partial charge in [0.25, 0.3) is 5.91 Å². The Kier molecular flexibility index (Phi) is 5.46. The molecule has 2 aromatic heterocycles. The lowest BCUT2D eigenvalue weighted by Gasteiger charge is -2.26. The van der Waals surface area contributed by atoms with E-state index in [1.54, 1.807) is 42.5 Å². The van der Waals surface area contributed by atoms with E-state index in [1.807, 2.05) is 0 Å². The van der Waals surface area contributed by atoms with Gasteiger partial charge in [-0.15, -0.1) is 0 Å². The van der Waals surface area contributed by atoms with Crippen molar-refractivity contribution < 1.29 is 22.0 Å². The van der Waals surface area contributed by atoms with Gasteiger partial charge in [0.15, 0.2) is 15.6 Å². The summed E-state index contributed by atoms with van der Waals surface area (Å²) < 4.78 is 35.0. The van der Waals surface area contributed by atoms with Crippen LogP contribution in [0.15, 0.2) is 57.6 Å². The minimum atomic E-state index is -3.17. The van der Waals surface area contributed by atoms with Gasteiger partial charge in [-0.1, -0.05) is 23.2 Å². The third-order valence-electron chi connectivity index (χ3n) is 4.82. The van der Waals surface area contributed by atoms with Crippen molar-refractivity contribution >= 4 is 38.9 Å². The van der Waals surface area contributed by atoms with E-state index in [0.717, 1.165) is 0 Å². The van der Waals surface area contributed by atoms with Crippen LogP contribution in [-0.2, 0) is 16.4 Å². The fraction of sp³-hybridized carbons (Fsp3) is 0.250. The molecule has 1 aliphatic heterocycles. The molecule has 1 unspecified atom stereocenters. The van der Waals surface area contributed by atoms with Crippen LogP contribution in [-0.4, -0.2) is 36.8 Å². The molecule has 0 N–H and O–H groups in total. The Labute approximate surface area is 177 Å². The number of hydrogen-bond donors (Lipinski definition) is 0. The van der Waals surface area contributed by atoms with Gasteiger partial charge in [0.1, 0.15) is 11.5 Å². The predicted octanol–water partition coefficient (Wildman–Crippen LogP) is 4.68. The summed E-state index contributed by atoms with van der Waals surface area (Å²) in [6, 6.07) is 11.3. The highest BCUT2D eigenvalue weighted by Crippen LogP contribution is 2.32. The van der Waals surface area contributed by atoms with Crippen molar-refractivity contribution in [1.29, 1.82) is 0 Å². The zero-order chi connectivity index (χ0) is 20.6. The van der Waals surface area contributed by atoms with E-state index in [1.165, 1.54) is 11.2 Å². The van der Waals surface area contributed by atoms with E-state index in [9.17, 15) is 13.2 Å². The zero-order valence-electron chi connectivity index (χ0n) is 15.2. The zero-order valence-corrected chi connectivity index (χ0v) is 17.5. The molecule has 9 heteroatoms. The second kappa shape index (κ2) is 7.89. The number of furan rings is 2. The number of hydrogen-bond acceptors (Lipinski definition) is 5. The minimum Gasteiger partial charge on any atom is -0.459 e. The van der Waals surface area contributed by atoms with E-state index in [2.05, 4.69) is 0 Å². The SMILES string of the molecule is O=C(c1ccco1)N(Cc1ccc(-c2cc(Cl)ccc2Cl)o1)C1CCS(=O)(=O)C1. The largest absolute Gasteiger partial charge is 0.459 e. The number of nitrogens with zero attached hydrogens (tertiary/aromatic N) is 1. The third kappa shape index (κ3) is 4.37. The Morgan fingerprint density at radius 3 is 2.69 bits per heavy atom. The predicted molar refractivity (Wildman–Crippen MR) is 110 cm³/mol. The van der Waals surface area contributed by atoms with E-state index < -0.39 is 15.9 Å². The van der Waals surface area contributed by atoms with Crippen LogP contribution in [0.1, 0.15) is 22.7 Å². The highest BCUT2D eigenvalue weighted by atomic mass is 35.5. The number of carbonyl (C=O) groups is 1. The topological polar surface area (TPSA) is 80.7 Å². The van der Waals surface area contributed by atoms with Crippen molar-refractivity contribution in [2.24, 2.45) is 0 Å². The maximum Gasteiger partial charge on any atom is 0.290 e. The lowest BCUT2D eigenvalue weighted by Crippen LogP contribution is -2.40. The average molecular weight is 454 g/mol. The van der Waals surface area contributed by atoms with Crippen LogP contribution >= 0.6 is 23.2 Å². The Balaban J connectivity index is 1.62. The van der Waals surface area contributed by atoms with Crippen LogP contribution < -0.4 is 0 Å². The molecule has 1 saturated heterocycles. The van der Waals surface area contributed by atoms with Gasteiger partial charge in [0.05, 0.1) is 29.3 Å². The van der Waals surface area contributed by atoms with Crippen LogP contribution in [0, 0.1) is 0 Å². The Bertz CT molecular complexity index is 1140. The lowest BCUT2D eigenvalue weighted by atomic mass is 10.2. The first kappa shape index (κ1) is 20.1. The number of carbonyl (C=O) groups excluding carboxylic acids is 1. The standard InChI is InChI=1S/C20H17Cl2NO5S/c21-13-3-5-17(22)16(10-13)18-6-4-15(28-18)11-23(14-7-9-29(25,26)12-14)20(24)19-2-1-8-27-19/h1-6,8,10,14H,7,9,11-12H2. The summed E-state index contributed by atoms with van der Waals surface area (Å²) in [5.41, 5.74) is 0.637. The molecule has 1 amide bonds. The first-order valence-electron chi connectivity index (χ1n) is 8.91. The van der Waals surface area contributed by atoms with Gasteiger partial charge in [0.2, 0.25) is 0 Å². The van der Waals surface area contributed by atoms with Crippen LogP contribution in [0.3, 0.4) is 0 Å². The molecular formula is C20H17Cl2NO5S. The number of benzene rings is 1. The maximum atomic E-state index is 12.9. The Morgan fingerprint density at radius 1 is 1.17 bits per heavy atom. The van der Waals surface area contributed by atoms with E-state index >= 15 is 0 Å². The summed E-state index contributed by atoms with van der Waals surface area (Å²) in [5, 5.41) is 1.01. The monoisotopic (exact) mass is 453 g/mol. The number of amides is 1. The van der Waals surface area contributed by atoms with Gasteiger partial charge >= 0.3 is 0 Å². The second-order valence-electron chi connectivity index (χ2n) is 6.86. The molecule has 6 nitrogen and oxygen atoms in total. The van der Waals surface area contributed by atoms with Crippen molar-refractivity contribution in [3.63, 3.8) is 0 Å². The average Bonchev–Trinajstić information content (AvgIpc) is 3.42. The summed E-state index contributed by atoms with van der Waals surface area (Å²) in [7, 11) is -3.17. The van der Waals surface area contributed by atoms with E-state index in [-0.39, 0.29) is 29.7 Å². The van der Waals surface area contributed by atoms with Gasteiger partial charge < -0.3 is 13.7 Å². The first-order valence-corrected chi connectivity index (χ1v) is 11.5. The van der Waals surface area contributed by atoms with Crippen LogP contribution in [0.2, 0.25) is 10.0 Å². The Morgan fingerprint density at radius 2 is 2.00 bits per heavy atom. The van der Waals surface area contributed by atoms with Crippen molar-refractivity contribution in [3.05, 3.63) is 70.3 Å². The van der Waals surface area contributed by atoms with Crippen molar-refractivity contribution in [1.82, 2.24) is 4.90 Å². The summed E-state index contributed by atoms with van der Waals surface area (Å²) in [4.78, 5) is 14.4. The molecule has 0 aliphatic carbocycles. The molecule has 4 rings (SSSR count). The van der Waals surface area contributed by atoms with Crippen molar-refractivity contribution in [2.75, 3.05) is 11.5 Å². The molecule has 0 bridgehead atoms. The Hall–Kier alpha value is -2.22. The van der Waals surface area contributed by atoms with Gasteiger partial charge in [-0.2, -0.15) is 0 Å². The normalized spacial score (nSPS) is 18.1. The highest BCUT2D eigenvalue weighted by Gasteiger charge is 2.36. The number of halogens is 2. The van der Waals surface area contributed by atoms with Crippen molar-refractivity contribution in [3.8, 4) is 11.3 Å². The summed E-state index contributed by atoms with van der Waals surface area (Å²) in [6.07, 6.45) is 1.78. The smallest absolute Gasteiger partial charge is 0.290 e. The maximum absolute atomic E-state index is 12.9. The molecule has 0 spiro atoms. The third-order valence-corrected chi connectivity index (χ3v) is 7.14. The molecule has 3 aromatic rings. The van der Waals surface area contributed by atoms with E-state index in [0.29, 0.717) is 33.6 Å². The minimum absolute atomic E-state index is 0.0567. The van der Waals surface area contributed by atoms with Gasteiger partial charge in [0, 0.05) is 16.6 Å². The summed E-state index contributed by atoms with van der Waals surface area (Å²) >= 11 is 12.3. The summed E-state index contributed by atoms with van der Waals surface area (Å²) in [6.45, 7) is 0.109. The summed E-state index contributed by atoms with van der Waals surface area (Å²) in [5.74, 6) is 0.765. The van der Waals surface area contributed by atoms with Gasteiger partial charge in [-0.25, -0.2) is 8.42 Å². The molecule has 1 aliphatic rings. The fourth-order valence-electron chi connectivity index (χ4n) is 3.39. The molecule has 1 fully saturated rings. The van der Waals surface area contributed by atoms with Crippen molar-refractivity contribution in [2.45, 2.75) is 19.0 Å². The van der Waals surface area contributed by atoms with Crippen LogP contribution in [0.4, 0.5) is 0 Å². The molecular weight excluding hydrogens is 437 g/mol. The quantitative estimate of drug-likeness (QED) is 0.560. The van der Waals surface area contributed by atoms with Crippen LogP contribution in [0.25, 0.3) is 11.3 Å². The van der Waals surface area contributed by atoms with Gasteiger partial charge in [-0.05, 0) is 48.9 Å².